The maximum Gasteiger partial charge on any atom is 0 e. The van der Waals surface area contributed by atoms with E-state index in [2.05, 4.69) is 0 Å². The first-order chi connectivity index (χ1) is 0. The fourth-order valence-electron chi connectivity index (χ4n) is 0. The van der Waals surface area contributed by atoms with Crippen LogP contribution in [0.4, 0.5) is 0 Å². The molecule has 0 saturated heterocycles. The molecular formula is Ag5Eu. The summed E-state index contributed by atoms with van der Waals surface area (Å²) in [6.07, 6.45) is 0. The van der Waals surface area contributed by atoms with Crippen molar-refractivity contribution in [1.82, 2.24) is 0 Å². The van der Waals surface area contributed by atoms with Crippen LogP contribution in [-0.4, -0.2) is 0 Å². The van der Waals surface area contributed by atoms with Gasteiger partial charge in [0.05, 0.1) is 0 Å². The number of rotatable bonds is 0. The van der Waals surface area contributed by atoms with Crippen LogP contribution in [0.3, 0.4) is 0 Å². The van der Waals surface area contributed by atoms with Crippen LogP contribution < -0.4 is 0 Å². The Hall–Kier alpha value is 5.29. The van der Waals surface area contributed by atoms with Gasteiger partial charge in [0.1, 0.15) is 0 Å². The number of hydrogen-bond acceptors (Lipinski definition) is 0. The molecule has 0 unspecified atom stereocenters. The van der Waals surface area contributed by atoms with Crippen molar-refractivity contribution in [2.45, 2.75) is 0 Å². The summed E-state index contributed by atoms with van der Waals surface area (Å²) in [6, 6.07) is 0. The summed E-state index contributed by atoms with van der Waals surface area (Å²) in [5.74, 6) is 0. The van der Waals surface area contributed by atoms with Gasteiger partial charge in [-0.25, -0.2) is 0 Å². The third-order valence-corrected chi connectivity index (χ3v) is 0. The first-order valence-electron chi connectivity index (χ1n) is 0. The van der Waals surface area contributed by atoms with Crippen molar-refractivity contribution in [2.24, 2.45) is 0 Å². The molecule has 0 bridgehead atoms. The first kappa shape index (κ1) is 42.7. The molecule has 0 aromatic heterocycles. The average molecular weight is 691 g/mol. The molecule has 6 heteroatoms. The van der Waals surface area contributed by atoms with E-state index in [-0.39, 0.29) is 161 Å². The standard InChI is InChI=1S/5Ag.Eu. The molecule has 0 amide bonds. The molecule has 0 heterocycles. The first-order valence-corrected chi connectivity index (χ1v) is 0. The van der Waals surface area contributed by atoms with Gasteiger partial charge in [-0.15, -0.1) is 0 Å². The zero-order valence-corrected chi connectivity index (χ0v) is 11.7. The fourth-order valence-corrected chi connectivity index (χ4v) is 0. The van der Waals surface area contributed by atoms with E-state index >= 15 is 0 Å². The normalized spacial score (nSPS) is 0. The van der Waals surface area contributed by atoms with Crippen LogP contribution >= 0.6 is 0 Å². The summed E-state index contributed by atoms with van der Waals surface area (Å²) in [6.45, 7) is 0. The molecule has 0 nitrogen and oxygen atoms in total. The Morgan fingerprint density at radius 2 is 0.333 bits per heavy atom. The summed E-state index contributed by atoms with van der Waals surface area (Å²) >= 11 is 0. The molecule has 0 aliphatic rings. The van der Waals surface area contributed by atoms with Crippen LogP contribution in [0.15, 0.2) is 0 Å². The Balaban J connectivity index is 0. The van der Waals surface area contributed by atoms with Gasteiger partial charge in [-0.3, -0.25) is 0 Å². The molecule has 0 fully saturated rings. The predicted molar refractivity (Wildman–Crippen MR) is 0 cm³/mol. The SMILES string of the molecule is [Ag].[Ag].[Ag].[Ag].[Ag].[Eu]. The third-order valence-electron chi connectivity index (χ3n) is 0. The van der Waals surface area contributed by atoms with Gasteiger partial charge in [0.25, 0.3) is 0 Å². The minimum Gasteiger partial charge on any atom is 0 e. The van der Waals surface area contributed by atoms with Crippen LogP contribution in [0, 0.1) is 49.4 Å². The maximum absolute atomic E-state index is 0. The van der Waals surface area contributed by atoms with E-state index in [4.69, 9.17) is 0 Å². The molecular weight excluding hydrogens is 691 g/mol. The van der Waals surface area contributed by atoms with E-state index in [0.717, 1.165) is 0 Å². The minimum atomic E-state index is 0. The monoisotopic (exact) mass is 687 g/mol. The van der Waals surface area contributed by atoms with Crippen molar-refractivity contribution in [1.29, 1.82) is 0 Å². The Bertz CT molecular complexity index is 3.90. The van der Waals surface area contributed by atoms with Crippen molar-refractivity contribution < 1.29 is 161 Å². The van der Waals surface area contributed by atoms with E-state index in [1.807, 2.05) is 0 Å². The van der Waals surface area contributed by atoms with E-state index < -0.39 is 0 Å². The largest absolute Gasteiger partial charge is 0 e. The van der Waals surface area contributed by atoms with E-state index in [9.17, 15) is 0 Å². The maximum atomic E-state index is 0. The Morgan fingerprint density at radius 1 is 0.333 bits per heavy atom. The molecule has 0 atom stereocenters. The van der Waals surface area contributed by atoms with E-state index in [1.54, 1.807) is 0 Å². The van der Waals surface area contributed by atoms with Crippen molar-refractivity contribution in [3.63, 3.8) is 0 Å². The molecule has 0 N–H and O–H groups in total. The van der Waals surface area contributed by atoms with Crippen molar-refractivity contribution in [3.05, 3.63) is 0 Å². The molecule has 0 aliphatic heterocycles. The van der Waals surface area contributed by atoms with Gasteiger partial charge in [0, 0.05) is 161 Å². The summed E-state index contributed by atoms with van der Waals surface area (Å²) in [5, 5.41) is 0. The Morgan fingerprint density at radius 3 is 0.333 bits per heavy atom. The summed E-state index contributed by atoms with van der Waals surface area (Å²) in [4.78, 5) is 0. The third kappa shape index (κ3) is 22.8. The smallest absolute Gasteiger partial charge is 0 e. The van der Waals surface area contributed by atoms with Crippen molar-refractivity contribution in [2.75, 3.05) is 0 Å². The summed E-state index contributed by atoms with van der Waals surface area (Å²) < 4.78 is 0. The van der Waals surface area contributed by atoms with Gasteiger partial charge in [-0.1, -0.05) is 0 Å². The van der Waals surface area contributed by atoms with Crippen LogP contribution in [0.5, 0.6) is 0 Å². The quantitative estimate of drug-likeness (QED) is 0.314. The molecule has 62 valence electrons. The number of hydrogen-bond donors (Lipinski definition) is 0. The second kappa shape index (κ2) is 31.7. The van der Waals surface area contributed by atoms with Gasteiger partial charge in [-0.2, -0.15) is 0 Å². The zero-order valence-electron chi connectivity index (χ0n) is 1.89. The molecule has 0 spiro atoms. The predicted octanol–water partition coefficient (Wildman–Crippen LogP) is -0.0125. The van der Waals surface area contributed by atoms with Crippen LogP contribution in [0.2, 0.25) is 0 Å². The average Bonchev–Trinajstić information content (AvgIpc) is 0. The van der Waals surface area contributed by atoms with Gasteiger partial charge >= 0.3 is 0 Å². The molecule has 0 saturated carbocycles. The molecule has 0 aliphatic carbocycles. The summed E-state index contributed by atoms with van der Waals surface area (Å²) in [7, 11) is 0. The van der Waals surface area contributed by atoms with Crippen LogP contribution in [0.25, 0.3) is 0 Å². The van der Waals surface area contributed by atoms with Gasteiger partial charge in [-0.05, 0) is 0 Å². The zero-order chi connectivity index (χ0) is 0. The van der Waals surface area contributed by atoms with Gasteiger partial charge in [0.2, 0.25) is 0 Å². The van der Waals surface area contributed by atoms with E-state index in [0.29, 0.717) is 0 Å². The second-order valence-corrected chi connectivity index (χ2v) is 0. The second-order valence-electron chi connectivity index (χ2n) is 0. The topological polar surface area (TPSA) is 0 Å². The fraction of sp³-hybridized carbons (Fsp3) is 0. The molecule has 0 aromatic rings. The van der Waals surface area contributed by atoms with Crippen LogP contribution in [-0.2, 0) is 112 Å². The molecule has 6 radical (unpaired) electrons. The van der Waals surface area contributed by atoms with E-state index in [1.165, 1.54) is 0 Å². The molecule has 6 heavy (non-hydrogen) atoms. The van der Waals surface area contributed by atoms with Crippen LogP contribution in [0.1, 0.15) is 0 Å². The Kier molecular flexibility index (Phi) is 226. The minimum absolute atomic E-state index is 0. The van der Waals surface area contributed by atoms with Gasteiger partial charge < -0.3 is 0 Å². The summed E-state index contributed by atoms with van der Waals surface area (Å²) in [5.41, 5.74) is 0. The van der Waals surface area contributed by atoms with Crippen molar-refractivity contribution >= 4 is 0 Å². The molecule has 0 aromatic carbocycles. The van der Waals surface area contributed by atoms with Gasteiger partial charge in [0.15, 0.2) is 0 Å². The molecule has 0 rings (SSSR count). The Labute approximate surface area is 157 Å². The van der Waals surface area contributed by atoms with Crippen molar-refractivity contribution in [3.8, 4) is 0 Å².